The lowest BCUT2D eigenvalue weighted by Gasteiger charge is -2.03. The number of carbonyl (C=O) groups is 1. The van der Waals surface area contributed by atoms with E-state index in [4.69, 9.17) is 9.47 Å². The minimum atomic E-state index is -0.397. The van der Waals surface area contributed by atoms with Gasteiger partial charge < -0.3 is 9.47 Å². The lowest BCUT2D eigenvalue weighted by atomic mass is 10.2. The lowest BCUT2D eigenvalue weighted by Crippen LogP contribution is -1.99. The van der Waals surface area contributed by atoms with Gasteiger partial charge in [-0.2, -0.15) is 0 Å². The van der Waals surface area contributed by atoms with Crippen molar-refractivity contribution in [3.8, 4) is 5.75 Å². The average Bonchev–Trinajstić information content (AvgIpc) is 2.34. The van der Waals surface area contributed by atoms with Gasteiger partial charge in [0.05, 0.1) is 7.11 Å². The Balaban J connectivity index is 2.68. The lowest BCUT2D eigenvalue weighted by molar-refractivity contribution is -0.136. The fourth-order valence-electron chi connectivity index (χ4n) is 1.15. The second kappa shape index (κ2) is 6.45. The normalized spacial score (nSPS) is 10.1. The Morgan fingerprint density at radius 3 is 2.88 bits per heavy atom. The van der Waals surface area contributed by atoms with E-state index in [0.717, 1.165) is 11.3 Å². The molecule has 0 heterocycles. The van der Waals surface area contributed by atoms with Crippen LogP contribution >= 0.6 is 0 Å². The van der Waals surface area contributed by atoms with E-state index in [2.05, 4.69) is 6.58 Å². The highest BCUT2D eigenvalue weighted by molar-refractivity contribution is 5.87. The molecular formula is C13H14O3. The number of para-hydroxylation sites is 1. The van der Waals surface area contributed by atoms with Crippen molar-refractivity contribution in [3.63, 3.8) is 0 Å². The van der Waals surface area contributed by atoms with E-state index in [1.165, 1.54) is 12.2 Å². The quantitative estimate of drug-likeness (QED) is 0.432. The molecule has 1 rings (SSSR count). The molecule has 0 aliphatic carbocycles. The smallest absolute Gasteiger partial charge is 0.331 e. The molecule has 1 aromatic rings. The van der Waals surface area contributed by atoms with Crippen molar-refractivity contribution in [2.24, 2.45) is 0 Å². The molecule has 0 radical (unpaired) electrons. The predicted molar refractivity (Wildman–Crippen MR) is 63.2 cm³/mol. The highest BCUT2D eigenvalue weighted by atomic mass is 16.5. The first kappa shape index (κ1) is 12.0. The summed E-state index contributed by atoms with van der Waals surface area (Å²) < 4.78 is 9.94. The number of methoxy groups -OCH3 is 1. The molecule has 0 aliphatic heterocycles. The third-order valence-electron chi connectivity index (χ3n) is 1.88. The van der Waals surface area contributed by atoms with Gasteiger partial charge in [0.25, 0.3) is 0 Å². The van der Waals surface area contributed by atoms with Crippen LogP contribution in [0.4, 0.5) is 0 Å². The Morgan fingerprint density at radius 2 is 2.19 bits per heavy atom. The number of esters is 1. The van der Waals surface area contributed by atoms with Crippen LogP contribution in [0.2, 0.25) is 0 Å². The molecule has 0 saturated heterocycles. The summed E-state index contributed by atoms with van der Waals surface area (Å²) in [6.45, 7) is 3.67. The monoisotopic (exact) mass is 218 g/mol. The zero-order chi connectivity index (χ0) is 11.8. The number of hydrogen-bond acceptors (Lipinski definition) is 3. The molecule has 84 valence electrons. The molecule has 0 atom stereocenters. The van der Waals surface area contributed by atoms with Crippen molar-refractivity contribution in [1.29, 1.82) is 0 Å². The molecule has 3 heteroatoms. The van der Waals surface area contributed by atoms with E-state index in [1.54, 1.807) is 13.2 Å². The number of benzene rings is 1. The van der Waals surface area contributed by atoms with Crippen LogP contribution in [0, 0.1) is 0 Å². The third-order valence-corrected chi connectivity index (χ3v) is 1.88. The van der Waals surface area contributed by atoms with Crippen LogP contribution < -0.4 is 4.74 Å². The van der Waals surface area contributed by atoms with Crippen molar-refractivity contribution in [2.45, 2.75) is 0 Å². The van der Waals surface area contributed by atoms with Gasteiger partial charge in [0.2, 0.25) is 0 Å². The number of ether oxygens (including phenoxy) is 2. The summed E-state index contributed by atoms with van der Waals surface area (Å²) in [5.74, 6) is 0.320. The predicted octanol–water partition coefficient (Wildman–Crippen LogP) is 2.44. The highest BCUT2D eigenvalue weighted by Crippen LogP contribution is 2.18. The van der Waals surface area contributed by atoms with Crippen molar-refractivity contribution in [1.82, 2.24) is 0 Å². The van der Waals surface area contributed by atoms with E-state index in [0.29, 0.717) is 0 Å². The number of rotatable bonds is 5. The minimum absolute atomic E-state index is 0.217. The van der Waals surface area contributed by atoms with Crippen LogP contribution in [0.25, 0.3) is 6.08 Å². The molecule has 0 N–H and O–H groups in total. The maximum atomic E-state index is 11.2. The van der Waals surface area contributed by atoms with Gasteiger partial charge in [0.15, 0.2) is 0 Å². The van der Waals surface area contributed by atoms with Crippen LogP contribution in [-0.2, 0) is 9.53 Å². The second-order valence-corrected chi connectivity index (χ2v) is 2.99. The van der Waals surface area contributed by atoms with Gasteiger partial charge in [0.1, 0.15) is 12.4 Å². The summed E-state index contributed by atoms with van der Waals surface area (Å²) in [4.78, 5) is 11.2. The number of carbonyl (C=O) groups excluding carboxylic acids is 1. The van der Waals surface area contributed by atoms with Crippen LogP contribution in [0.15, 0.2) is 43.0 Å². The SMILES string of the molecule is C=CCOC(=O)C=Cc1ccccc1OC. The van der Waals surface area contributed by atoms with Crippen LogP contribution in [0.1, 0.15) is 5.56 Å². The van der Waals surface area contributed by atoms with Gasteiger partial charge in [-0.3, -0.25) is 0 Å². The Kier molecular flexibility index (Phi) is 4.86. The van der Waals surface area contributed by atoms with Gasteiger partial charge >= 0.3 is 5.97 Å². The van der Waals surface area contributed by atoms with Gasteiger partial charge in [-0.25, -0.2) is 4.79 Å². The van der Waals surface area contributed by atoms with E-state index in [-0.39, 0.29) is 6.61 Å². The fraction of sp³-hybridized carbons (Fsp3) is 0.154. The zero-order valence-electron chi connectivity index (χ0n) is 9.18. The molecule has 16 heavy (non-hydrogen) atoms. The van der Waals surface area contributed by atoms with Crippen molar-refractivity contribution < 1.29 is 14.3 Å². The van der Waals surface area contributed by atoms with Crippen LogP contribution in [0.3, 0.4) is 0 Å². The second-order valence-electron chi connectivity index (χ2n) is 2.99. The molecule has 0 aromatic heterocycles. The summed E-state index contributed by atoms with van der Waals surface area (Å²) >= 11 is 0. The fourth-order valence-corrected chi connectivity index (χ4v) is 1.15. The standard InChI is InChI=1S/C13H14O3/c1-3-10-16-13(14)9-8-11-6-4-5-7-12(11)15-2/h3-9H,1,10H2,2H3. The summed E-state index contributed by atoms with van der Waals surface area (Å²) in [5, 5.41) is 0. The summed E-state index contributed by atoms with van der Waals surface area (Å²) in [6.07, 6.45) is 4.54. The van der Waals surface area contributed by atoms with Crippen molar-refractivity contribution >= 4 is 12.0 Å². The van der Waals surface area contributed by atoms with E-state index in [9.17, 15) is 4.79 Å². The van der Waals surface area contributed by atoms with E-state index < -0.39 is 5.97 Å². The molecule has 0 bridgehead atoms. The molecule has 0 spiro atoms. The summed E-state index contributed by atoms with van der Waals surface area (Å²) in [5.41, 5.74) is 0.834. The minimum Gasteiger partial charge on any atom is -0.496 e. The molecule has 1 aromatic carbocycles. The van der Waals surface area contributed by atoms with Gasteiger partial charge in [-0.05, 0) is 12.1 Å². The van der Waals surface area contributed by atoms with Gasteiger partial charge in [-0.15, -0.1) is 0 Å². The summed E-state index contributed by atoms with van der Waals surface area (Å²) in [7, 11) is 1.59. The molecule has 0 saturated carbocycles. The Labute approximate surface area is 95.0 Å². The summed E-state index contributed by atoms with van der Waals surface area (Å²) in [6, 6.07) is 7.42. The first-order valence-electron chi connectivity index (χ1n) is 4.86. The topological polar surface area (TPSA) is 35.5 Å². The Hall–Kier alpha value is -2.03. The highest BCUT2D eigenvalue weighted by Gasteiger charge is 1.99. The molecular weight excluding hydrogens is 204 g/mol. The van der Waals surface area contributed by atoms with Crippen LogP contribution in [-0.4, -0.2) is 19.7 Å². The van der Waals surface area contributed by atoms with Crippen molar-refractivity contribution in [2.75, 3.05) is 13.7 Å². The van der Waals surface area contributed by atoms with Gasteiger partial charge in [-0.1, -0.05) is 30.9 Å². The van der Waals surface area contributed by atoms with Gasteiger partial charge in [0, 0.05) is 11.6 Å². The van der Waals surface area contributed by atoms with Crippen molar-refractivity contribution in [3.05, 3.63) is 48.6 Å². The van der Waals surface area contributed by atoms with Crippen LogP contribution in [0.5, 0.6) is 5.75 Å². The maximum absolute atomic E-state index is 11.2. The molecule has 0 aliphatic rings. The third kappa shape index (κ3) is 3.61. The van der Waals surface area contributed by atoms with E-state index in [1.807, 2.05) is 24.3 Å². The zero-order valence-corrected chi connectivity index (χ0v) is 9.18. The Bertz CT molecular complexity index is 394. The molecule has 0 unspecified atom stereocenters. The largest absolute Gasteiger partial charge is 0.496 e. The number of hydrogen-bond donors (Lipinski definition) is 0. The molecule has 0 fully saturated rings. The average molecular weight is 218 g/mol. The maximum Gasteiger partial charge on any atom is 0.331 e. The first-order chi connectivity index (χ1) is 7.77. The van der Waals surface area contributed by atoms with E-state index >= 15 is 0 Å². The molecule has 3 nitrogen and oxygen atoms in total. The molecule has 0 amide bonds. The Morgan fingerprint density at radius 1 is 1.44 bits per heavy atom. The first-order valence-corrected chi connectivity index (χ1v) is 4.86.